The van der Waals surface area contributed by atoms with Gasteiger partial charge < -0.3 is 25.0 Å². The minimum absolute atomic E-state index is 0.0312. The molecule has 1 aliphatic carbocycles. The molecule has 2 aromatic heterocycles. The number of fused-ring (bicyclic) bond motifs is 3. The van der Waals surface area contributed by atoms with Crippen LogP contribution >= 0.6 is 11.6 Å². The summed E-state index contributed by atoms with van der Waals surface area (Å²) in [5, 5.41) is 30.0. The van der Waals surface area contributed by atoms with E-state index in [9.17, 15) is 19.7 Å². The summed E-state index contributed by atoms with van der Waals surface area (Å²) in [5.41, 5.74) is 2.51. The summed E-state index contributed by atoms with van der Waals surface area (Å²) in [4.78, 5) is 15.2. The van der Waals surface area contributed by atoms with Crippen molar-refractivity contribution in [2.45, 2.75) is 55.6 Å². The number of halogens is 2. The van der Waals surface area contributed by atoms with Crippen molar-refractivity contribution in [3.05, 3.63) is 41.2 Å². The molecule has 6 rings (SSSR count). The lowest BCUT2D eigenvalue weighted by Crippen LogP contribution is -2.33. The average molecular weight is 476 g/mol. The van der Waals surface area contributed by atoms with Crippen molar-refractivity contribution in [1.29, 1.82) is 0 Å². The molecule has 0 amide bonds. The van der Waals surface area contributed by atoms with Gasteiger partial charge in [-0.3, -0.25) is 4.57 Å². The Balaban J connectivity index is 1.48. The highest BCUT2D eigenvalue weighted by molar-refractivity contribution is 6.28. The molecule has 174 valence electrons. The van der Waals surface area contributed by atoms with Gasteiger partial charge in [0.1, 0.15) is 24.1 Å². The van der Waals surface area contributed by atoms with Crippen LogP contribution in [0, 0.1) is 5.82 Å². The molecule has 0 bridgehead atoms. The fourth-order valence-electron chi connectivity index (χ4n) is 5.68. The first-order valence-electron chi connectivity index (χ1n) is 11.0. The first-order valence-corrected chi connectivity index (χ1v) is 11.4. The summed E-state index contributed by atoms with van der Waals surface area (Å²) in [6, 6.07) is 4.89. The lowest BCUT2D eigenvalue weighted by molar-refractivity contribution is -0.0511. The summed E-state index contributed by atoms with van der Waals surface area (Å²) >= 11 is 6.31. The number of nitrogens with zero attached hydrogens (tertiary/aromatic N) is 5. The lowest BCUT2D eigenvalue weighted by Gasteiger charge is -2.25. The molecule has 2 fully saturated rings. The molecule has 1 spiro atoms. The Labute approximate surface area is 193 Å². The number of anilines is 2. The third-order valence-electron chi connectivity index (χ3n) is 7.27. The maximum Gasteiger partial charge on any atom is 0.226 e. The molecule has 11 heteroatoms. The van der Waals surface area contributed by atoms with Gasteiger partial charge >= 0.3 is 0 Å². The zero-order valence-electron chi connectivity index (χ0n) is 17.6. The third-order valence-corrected chi connectivity index (χ3v) is 7.44. The van der Waals surface area contributed by atoms with Crippen molar-refractivity contribution in [1.82, 2.24) is 19.5 Å². The minimum atomic E-state index is -1.29. The minimum Gasteiger partial charge on any atom is -0.394 e. The van der Waals surface area contributed by atoms with Gasteiger partial charge in [0, 0.05) is 17.6 Å². The second kappa shape index (κ2) is 7.57. The van der Waals surface area contributed by atoms with E-state index in [4.69, 9.17) is 16.3 Å². The number of hydrogen-bond acceptors (Lipinski definition) is 8. The number of benzene rings is 1. The second-order valence-corrected chi connectivity index (χ2v) is 9.44. The molecular weight excluding hydrogens is 453 g/mol. The number of imidazole rings is 1. The Kier molecular flexibility index (Phi) is 4.86. The van der Waals surface area contributed by atoms with Crippen LogP contribution in [0.1, 0.15) is 37.5 Å². The van der Waals surface area contributed by atoms with E-state index in [0.717, 1.165) is 36.9 Å². The van der Waals surface area contributed by atoms with Crippen LogP contribution in [0.25, 0.3) is 11.2 Å². The summed E-state index contributed by atoms with van der Waals surface area (Å²) in [7, 11) is 0. The van der Waals surface area contributed by atoms with Gasteiger partial charge in [0.2, 0.25) is 5.28 Å². The molecule has 3 aliphatic rings. The number of aliphatic hydroxyl groups excluding tert-OH is 3. The summed E-state index contributed by atoms with van der Waals surface area (Å²) in [6.07, 6.45) is 1.20. The van der Waals surface area contributed by atoms with Gasteiger partial charge in [-0.05, 0) is 42.1 Å². The largest absolute Gasteiger partial charge is 0.394 e. The molecule has 33 heavy (non-hydrogen) atoms. The van der Waals surface area contributed by atoms with Crippen molar-refractivity contribution in [2.24, 2.45) is 0 Å². The molecule has 0 radical (unpaired) electrons. The highest BCUT2D eigenvalue weighted by Gasteiger charge is 2.47. The quantitative estimate of drug-likeness (QED) is 0.494. The molecule has 4 atom stereocenters. The smallest absolute Gasteiger partial charge is 0.226 e. The van der Waals surface area contributed by atoms with E-state index in [-0.39, 0.29) is 16.5 Å². The number of hydrogen-bond donors (Lipinski definition) is 3. The van der Waals surface area contributed by atoms with Crippen LogP contribution in [-0.4, -0.2) is 66.3 Å². The van der Waals surface area contributed by atoms with E-state index in [2.05, 4.69) is 15.0 Å². The first-order chi connectivity index (χ1) is 15.9. The Hall–Kier alpha value is -2.37. The fourth-order valence-corrected chi connectivity index (χ4v) is 5.84. The summed E-state index contributed by atoms with van der Waals surface area (Å²) < 4.78 is 21.4. The highest BCUT2D eigenvalue weighted by atomic mass is 35.5. The number of rotatable bonds is 3. The SMILES string of the molecule is OC[C@H]1O[C@@H](n2cnc3c(N4CC5(CCCC5)c5ccc(F)cc54)nc(Cl)nc32)[C@H](O)[C@@H]1O. The van der Waals surface area contributed by atoms with Gasteiger partial charge in [0.25, 0.3) is 0 Å². The molecule has 1 aromatic carbocycles. The van der Waals surface area contributed by atoms with E-state index >= 15 is 0 Å². The Morgan fingerprint density at radius 1 is 1.18 bits per heavy atom. The number of aliphatic hydroxyl groups is 3. The predicted octanol–water partition coefficient (Wildman–Crippen LogP) is 2.19. The third kappa shape index (κ3) is 3.08. The van der Waals surface area contributed by atoms with Crippen molar-refractivity contribution in [3.63, 3.8) is 0 Å². The lowest BCUT2D eigenvalue weighted by atomic mass is 9.81. The number of ether oxygens (including phenoxy) is 1. The van der Waals surface area contributed by atoms with Crippen LogP contribution in [0.2, 0.25) is 5.28 Å². The average Bonchev–Trinajstić information content (AvgIpc) is 3.56. The topological polar surface area (TPSA) is 117 Å². The highest BCUT2D eigenvalue weighted by Crippen LogP contribution is 2.53. The van der Waals surface area contributed by atoms with Gasteiger partial charge in [-0.25, -0.2) is 9.37 Å². The van der Waals surface area contributed by atoms with E-state index in [1.54, 1.807) is 0 Å². The molecule has 3 N–H and O–H groups in total. The van der Waals surface area contributed by atoms with E-state index in [1.165, 1.54) is 23.0 Å². The van der Waals surface area contributed by atoms with Crippen LogP contribution in [0.15, 0.2) is 24.5 Å². The zero-order valence-corrected chi connectivity index (χ0v) is 18.4. The second-order valence-electron chi connectivity index (χ2n) is 9.10. The van der Waals surface area contributed by atoms with E-state index in [1.807, 2.05) is 11.0 Å². The molecule has 1 saturated heterocycles. The Morgan fingerprint density at radius 3 is 2.70 bits per heavy atom. The van der Waals surface area contributed by atoms with Crippen LogP contribution in [-0.2, 0) is 10.2 Å². The molecule has 9 nitrogen and oxygen atoms in total. The van der Waals surface area contributed by atoms with E-state index < -0.39 is 31.1 Å². The maximum atomic E-state index is 14.3. The molecule has 1 saturated carbocycles. The van der Waals surface area contributed by atoms with Gasteiger partial charge in [-0.2, -0.15) is 9.97 Å². The number of aromatic nitrogens is 4. The molecular formula is C22H23ClFN5O4. The summed E-state index contributed by atoms with van der Waals surface area (Å²) in [6.45, 7) is 0.190. The van der Waals surface area contributed by atoms with Crippen LogP contribution in [0.3, 0.4) is 0 Å². The van der Waals surface area contributed by atoms with Crippen molar-refractivity contribution in [3.8, 4) is 0 Å². The van der Waals surface area contributed by atoms with Crippen molar-refractivity contribution < 1.29 is 24.4 Å². The molecule has 4 heterocycles. The zero-order chi connectivity index (χ0) is 22.9. The van der Waals surface area contributed by atoms with Crippen molar-refractivity contribution in [2.75, 3.05) is 18.1 Å². The molecule has 3 aromatic rings. The standard InChI is InChI=1S/C22H23ClFN5O4/c23-21-26-18(28-9-22(5-1-2-6-22)12-4-3-11(24)7-13(12)28)15-19(27-21)29(10-25-15)20-17(32)16(31)14(8-30)33-20/h3-4,7,10,14,16-17,20,30-32H,1-2,5-6,8-9H2/t14-,16-,17-,20-/m1/s1. The van der Waals surface area contributed by atoms with Crippen LogP contribution in [0.4, 0.5) is 15.9 Å². The Bertz CT molecular complexity index is 1230. The Morgan fingerprint density at radius 2 is 1.97 bits per heavy atom. The predicted molar refractivity (Wildman–Crippen MR) is 117 cm³/mol. The first kappa shape index (κ1) is 21.2. The van der Waals surface area contributed by atoms with E-state index in [0.29, 0.717) is 23.5 Å². The van der Waals surface area contributed by atoms with Gasteiger partial charge in [0.05, 0.1) is 12.9 Å². The maximum absolute atomic E-state index is 14.3. The van der Waals surface area contributed by atoms with Crippen molar-refractivity contribution >= 4 is 34.3 Å². The molecule has 0 unspecified atom stereocenters. The van der Waals surface area contributed by atoms with Gasteiger partial charge in [0.15, 0.2) is 23.2 Å². The monoisotopic (exact) mass is 475 g/mol. The van der Waals surface area contributed by atoms with Gasteiger partial charge in [-0.1, -0.05) is 18.9 Å². The van der Waals surface area contributed by atoms with Gasteiger partial charge in [-0.15, -0.1) is 0 Å². The normalized spacial score (nSPS) is 28.3. The molecule has 2 aliphatic heterocycles. The summed E-state index contributed by atoms with van der Waals surface area (Å²) in [5.74, 6) is 0.119. The fraction of sp³-hybridized carbons (Fsp3) is 0.500. The van der Waals surface area contributed by atoms with Crippen LogP contribution in [0.5, 0.6) is 0 Å². The van der Waals surface area contributed by atoms with Crippen LogP contribution < -0.4 is 4.90 Å².